The molecule has 3 rings (SSSR count). The van der Waals surface area contributed by atoms with E-state index in [-0.39, 0.29) is 0 Å². The second kappa shape index (κ2) is 8.99. The van der Waals surface area contributed by atoms with Gasteiger partial charge in [0.2, 0.25) is 0 Å². The van der Waals surface area contributed by atoms with Gasteiger partial charge in [0.05, 0.1) is 10.7 Å². The van der Waals surface area contributed by atoms with E-state index in [2.05, 4.69) is 62.8 Å². The summed E-state index contributed by atoms with van der Waals surface area (Å²) in [6, 6.07) is 10.8. The lowest BCUT2D eigenvalue weighted by atomic mass is 9.99. The van der Waals surface area contributed by atoms with Crippen molar-refractivity contribution in [1.82, 2.24) is 15.2 Å². The van der Waals surface area contributed by atoms with Crippen LogP contribution in [0.4, 0.5) is 0 Å². The first kappa shape index (κ1) is 17.9. The van der Waals surface area contributed by atoms with Gasteiger partial charge in [0.15, 0.2) is 5.96 Å². The first-order valence-corrected chi connectivity index (χ1v) is 10.1. The third-order valence-corrected chi connectivity index (χ3v) is 5.77. The lowest BCUT2D eigenvalue weighted by Crippen LogP contribution is -2.41. The molecule has 1 aromatic heterocycles. The summed E-state index contributed by atoms with van der Waals surface area (Å²) < 4.78 is 0. The molecule has 134 valence electrons. The topological polar surface area (TPSA) is 40.5 Å². The maximum Gasteiger partial charge on any atom is 0.193 e. The lowest BCUT2D eigenvalue weighted by molar-refractivity contribution is 0.460. The quantitative estimate of drug-likeness (QED) is 0.637. The summed E-state index contributed by atoms with van der Waals surface area (Å²) in [5.41, 5.74) is 2.63. The smallest absolute Gasteiger partial charge is 0.193 e. The fourth-order valence-corrected chi connectivity index (χ4v) is 4.18. The molecule has 2 aromatic rings. The number of aliphatic imine (C=N–C) groups is 1. The molecule has 0 radical (unpaired) electrons. The molecule has 0 bridgehead atoms. The Morgan fingerprint density at radius 1 is 1.36 bits per heavy atom. The van der Waals surface area contributed by atoms with Crippen LogP contribution in [0.15, 0.2) is 40.7 Å². The molecule has 1 aliphatic heterocycles. The van der Waals surface area contributed by atoms with Crippen LogP contribution in [0.1, 0.15) is 29.6 Å². The van der Waals surface area contributed by atoms with Crippen molar-refractivity contribution in [1.29, 1.82) is 0 Å². The number of aryl methyl sites for hydroxylation is 1. The number of hydrogen-bond donors (Lipinski definition) is 1. The Morgan fingerprint density at radius 3 is 2.92 bits per heavy atom. The molecular formula is C20H28N4S. The summed E-state index contributed by atoms with van der Waals surface area (Å²) in [5, 5.41) is 6.91. The number of aromatic nitrogens is 1. The highest BCUT2D eigenvalue weighted by Gasteiger charge is 2.24. The zero-order valence-corrected chi connectivity index (χ0v) is 16.1. The third kappa shape index (κ3) is 5.05. The van der Waals surface area contributed by atoms with Crippen LogP contribution in [0.25, 0.3) is 0 Å². The van der Waals surface area contributed by atoms with Crippen molar-refractivity contribution in [3.05, 3.63) is 52.0 Å². The number of guanidine groups is 1. The molecule has 1 aliphatic rings. The first-order chi connectivity index (χ1) is 12.3. The molecule has 25 heavy (non-hydrogen) atoms. The van der Waals surface area contributed by atoms with E-state index >= 15 is 0 Å². The summed E-state index contributed by atoms with van der Waals surface area (Å²) in [6.45, 7) is 5.22. The number of thiazole rings is 1. The Morgan fingerprint density at radius 2 is 2.20 bits per heavy atom. The van der Waals surface area contributed by atoms with Crippen molar-refractivity contribution < 1.29 is 0 Å². The van der Waals surface area contributed by atoms with Crippen molar-refractivity contribution in [2.45, 2.75) is 32.6 Å². The van der Waals surface area contributed by atoms with E-state index in [0.29, 0.717) is 5.92 Å². The molecule has 1 fully saturated rings. The number of nitrogens with one attached hydrogen (secondary N) is 1. The number of rotatable bonds is 6. The van der Waals surface area contributed by atoms with E-state index in [0.717, 1.165) is 44.9 Å². The normalized spacial score (nSPS) is 17.9. The largest absolute Gasteiger partial charge is 0.356 e. The fourth-order valence-electron chi connectivity index (χ4n) is 3.40. The molecule has 1 N–H and O–H groups in total. The van der Waals surface area contributed by atoms with Crippen LogP contribution in [-0.4, -0.2) is 42.5 Å². The standard InChI is InChI=1S/C20H28N4S/c1-3-19-23-18(15-25-19)9-11-22-20(21-2)24-12-10-17(14-24)13-16-7-5-4-6-8-16/h4-8,15,17H,3,9-14H2,1-2H3,(H,21,22). The molecule has 0 saturated carbocycles. The van der Waals surface area contributed by atoms with Gasteiger partial charge >= 0.3 is 0 Å². The van der Waals surface area contributed by atoms with Crippen LogP contribution in [0, 0.1) is 5.92 Å². The summed E-state index contributed by atoms with van der Waals surface area (Å²) >= 11 is 1.76. The van der Waals surface area contributed by atoms with E-state index in [1.54, 1.807) is 11.3 Å². The van der Waals surface area contributed by atoms with Crippen LogP contribution in [0.2, 0.25) is 0 Å². The van der Waals surface area contributed by atoms with Crippen molar-refractivity contribution in [2.24, 2.45) is 10.9 Å². The monoisotopic (exact) mass is 356 g/mol. The van der Waals surface area contributed by atoms with Crippen LogP contribution < -0.4 is 5.32 Å². The Bertz CT molecular complexity index is 680. The van der Waals surface area contributed by atoms with E-state index in [1.165, 1.54) is 22.7 Å². The highest BCUT2D eigenvalue weighted by molar-refractivity contribution is 7.09. The zero-order chi connectivity index (χ0) is 17.5. The van der Waals surface area contributed by atoms with Crippen LogP contribution in [0.3, 0.4) is 0 Å². The van der Waals surface area contributed by atoms with Gasteiger partial charge in [0, 0.05) is 38.5 Å². The van der Waals surface area contributed by atoms with E-state index in [9.17, 15) is 0 Å². The maximum absolute atomic E-state index is 4.63. The summed E-state index contributed by atoms with van der Waals surface area (Å²) in [6.07, 6.45) is 4.38. The van der Waals surface area contributed by atoms with Crippen molar-refractivity contribution in [2.75, 3.05) is 26.7 Å². The van der Waals surface area contributed by atoms with Gasteiger partial charge in [-0.15, -0.1) is 11.3 Å². The minimum atomic E-state index is 0.714. The average Bonchev–Trinajstić information content (AvgIpc) is 3.29. The van der Waals surface area contributed by atoms with Gasteiger partial charge in [-0.3, -0.25) is 4.99 Å². The van der Waals surface area contributed by atoms with Gasteiger partial charge in [-0.2, -0.15) is 0 Å². The summed E-state index contributed by atoms with van der Waals surface area (Å²) in [7, 11) is 1.88. The van der Waals surface area contributed by atoms with E-state index < -0.39 is 0 Å². The number of hydrogen-bond acceptors (Lipinski definition) is 3. The molecule has 0 aliphatic carbocycles. The Balaban J connectivity index is 1.45. The van der Waals surface area contributed by atoms with Crippen LogP contribution in [0.5, 0.6) is 0 Å². The van der Waals surface area contributed by atoms with Crippen molar-refractivity contribution >= 4 is 17.3 Å². The zero-order valence-electron chi connectivity index (χ0n) is 15.2. The van der Waals surface area contributed by atoms with Gasteiger partial charge in [-0.05, 0) is 30.7 Å². The van der Waals surface area contributed by atoms with Gasteiger partial charge in [-0.25, -0.2) is 4.98 Å². The van der Waals surface area contributed by atoms with Gasteiger partial charge in [0.1, 0.15) is 0 Å². The summed E-state index contributed by atoms with van der Waals surface area (Å²) in [5.74, 6) is 1.74. The van der Waals surface area contributed by atoms with Crippen molar-refractivity contribution in [3.8, 4) is 0 Å². The van der Waals surface area contributed by atoms with E-state index in [1.807, 2.05) is 7.05 Å². The van der Waals surface area contributed by atoms with Crippen LogP contribution >= 0.6 is 11.3 Å². The molecule has 1 atom stereocenters. The van der Waals surface area contributed by atoms with Gasteiger partial charge in [-0.1, -0.05) is 37.3 Å². The second-order valence-electron chi connectivity index (χ2n) is 6.60. The number of nitrogens with zero attached hydrogens (tertiary/aromatic N) is 3. The SMILES string of the molecule is CCc1nc(CCNC(=NC)N2CCC(Cc3ccccc3)C2)cs1. The molecule has 1 aromatic carbocycles. The minimum Gasteiger partial charge on any atom is -0.356 e. The molecular weight excluding hydrogens is 328 g/mol. The predicted octanol–water partition coefficient (Wildman–Crippen LogP) is 3.39. The third-order valence-electron chi connectivity index (χ3n) is 4.73. The molecule has 5 heteroatoms. The molecule has 4 nitrogen and oxygen atoms in total. The predicted molar refractivity (Wildman–Crippen MR) is 106 cm³/mol. The second-order valence-corrected chi connectivity index (χ2v) is 7.54. The fraction of sp³-hybridized carbons (Fsp3) is 0.500. The highest BCUT2D eigenvalue weighted by Crippen LogP contribution is 2.20. The van der Waals surface area contributed by atoms with Crippen molar-refractivity contribution in [3.63, 3.8) is 0 Å². The first-order valence-electron chi connectivity index (χ1n) is 9.21. The average molecular weight is 357 g/mol. The molecule has 1 unspecified atom stereocenters. The Kier molecular flexibility index (Phi) is 6.45. The number of benzene rings is 1. The van der Waals surface area contributed by atoms with Gasteiger partial charge < -0.3 is 10.2 Å². The Hall–Kier alpha value is -1.88. The van der Waals surface area contributed by atoms with E-state index in [4.69, 9.17) is 0 Å². The highest BCUT2D eigenvalue weighted by atomic mass is 32.1. The number of likely N-dealkylation sites (tertiary alicyclic amines) is 1. The Labute approximate surface area is 155 Å². The maximum atomic E-state index is 4.63. The van der Waals surface area contributed by atoms with Gasteiger partial charge in [0.25, 0.3) is 0 Å². The lowest BCUT2D eigenvalue weighted by Gasteiger charge is -2.21. The minimum absolute atomic E-state index is 0.714. The molecule has 1 saturated heterocycles. The molecule has 2 heterocycles. The molecule has 0 spiro atoms. The molecule has 0 amide bonds. The summed E-state index contributed by atoms with van der Waals surface area (Å²) in [4.78, 5) is 11.5. The van der Waals surface area contributed by atoms with Crippen LogP contribution in [-0.2, 0) is 19.3 Å².